The number of carbonyl (C=O) groups is 1. The predicted molar refractivity (Wildman–Crippen MR) is 125 cm³/mol. The van der Waals surface area contributed by atoms with Crippen molar-refractivity contribution < 1.29 is 18.3 Å². The number of nitrogens with two attached hydrogens (primary N) is 1. The molecule has 0 radical (unpaired) electrons. The number of anilines is 1. The van der Waals surface area contributed by atoms with Crippen LogP contribution in [0.4, 0.5) is 14.5 Å². The number of benzene rings is 1. The first-order valence-electron chi connectivity index (χ1n) is 10.7. The lowest BCUT2D eigenvalue weighted by molar-refractivity contribution is -0.114. The fourth-order valence-electron chi connectivity index (χ4n) is 4.03. The van der Waals surface area contributed by atoms with Crippen LogP contribution >= 0.6 is 0 Å². The topological polar surface area (TPSA) is 89.5 Å². The average Bonchev–Trinajstić information content (AvgIpc) is 3.41. The van der Waals surface area contributed by atoms with Gasteiger partial charge in [0.05, 0.1) is 18.4 Å². The highest BCUT2D eigenvalue weighted by molar-refractivity contribution is 6.03. The maximum Gasteiger partial charge on any atom is 0.283 e. The van der Waals surface area contributed by atoms with E-state index in [0.717, 1.165) is 32.8 Å². The van der Waals surface area contributed by atoms with E-state index in [1.807, 2.05) is 25.4 Å². The monoisotopic (exact) mass is 468 g/mol. The van der Waals surface area contributed by atoms with Gasteiger partial charge >= 0.3 is 0 Å². The van der Waals surface area contributed by atoms with Crippen molar-refractivity contribution in [3.8, 4) is 11.1 Å². The summed E-state index contributed by atoms with van der Waals surface area (Å²) in [4.78, 5) is 18.5. The molecular formula is C24H26F2N6O2. The summed E-state index contributed by atoms with van der Waals surface area (Å²) >= 11 is 0. The summed E-state index contributed by atoms with van der Waals surface area (Å²) in [5.74, 6) is 2.72. The molecule has 2 N–H and O–H groups in total. The SMILES string of the molecule is COCC(F)(F)CN1Cc2ccc(N(N)C(=O)/C=C/c3cnccc3-c3cnn(C)c3)cc2C1. The number of ether oxygens (including phenoxy) is 1. The minimum Gasteiger partial charge on any atom is -0.378 e. The van der Waals surface area contributed by atoms with E-state index >= 15 is 0 Å². The summed E-state index contributed by atoms with van der Waals surface area (Å²) < 4.78 is 34.1. The second kappa shape index (κ2) is 9.80. The van der Waals surface area contributed by atoms with Gasteiger partial charge in [0.1, 0.15) is 6.61 Å². The van der Waals surface area contributed by atoms with E-state index in [4.69, 9.17) is 5.84 Å². The van der Waals surface area contributed by atoms with Gasteiger partial charge in [0.25, 0.3) is 11.8 Å². The van der Waals surface area contributed by atoms with Crippen molar-refractivity contribution in [3.05, 3.63) is 71.8 Å². The van der Waals surface area contributed by atoms with Crippen molar-refractivity contribution in [2.75, 3.05) is 25.3 Å². The van der Waals surface area contributed by atoms with E-state index in [1.165, 1.54) is 13.2 Å². The van der Waals surface area contributed by atoms with E-state index in [0.29, 0.717) is 18.8 Å². The predicted octanol–water partition coefficient (Wildman–Crippen LogP) is 3.00. The zero-order chi connectivity index (χ0) is 24.3. The van der Waals surface area contributed by atoms with Crippen LogP contribution in [0, 0.1) is 0 Å². The molecule has 0 saturated carbocycles. The maximum absolute atomic E-state index is 13.9. The van der Waals surface area contributed by atoms with Crippen LogP contribution in [0.2, 0.25) is 0 Å². The Hall–Kier alpha value is -3.47. The first-order chi connectivity index (χ1) is 16.3. The largest absolute Gasteiger partial charge is 0.378 e. The number of hydrogen-bond donors (Lipinski definition) is 1. The Labute approximate surface area is 196 Å². The summed E-state index contributed by atoms with van der Waals surface area (Å²) in [5, 5.41) is 5.23. The van der Waals surface area contributed by atoms with Crippen molar-refractivity contribution in [1.29, 1.82) is 0 Å². The molecule has 1 aliphatic rings. The third-order valence-corrected chi connectivity index (χ3v) is 5.58. The Bertz CT molecular complexity index is 1210. The number of hydrogen-bond acceptors (Lipinski definition) is 6. The molecule has 1 aromatic carbocycles. The van der Waals surface area contributed by atoms with Crippen molar-refractivity contribution in [3.63, 3.8) is 0 Å². The number of methoxy groups -OCH3 is 1. The smallest absolute Gasteiger partial charge is 0.283 e. The van der Waals surface area contributed by atoms with Crippen LogP contribution in [0.5, 0.6) is 0 Å². The molecular weight excluding hydrogens is 442 g/mol. The first-order valence-corrected chi connectivity index (χ1v) is 10.7. The number of halogens is 2. The van der Waals surface area contributed by atoms with Crippen LogP contribution in [-0.2, 0) is 29.7 Å². The van der Waals surface area contributed by atoms with Crippen LogP contribution in [-0.4, -0.2) is 51.8 Å². The third kappa shape index (κ3) is 5.36. The van der Waals surface area contributed by atoms with Crippen molar-refractivity contribution in [2.45, 2.75) is 19.0 Å². The highest BCUT2D eigenvalue weighted by atomic mass is 19.3. The second-order valence-corrected chi connectivity index (χ2v) is 8.29. The van der Waals surface area contributed by atoms with Crippen LogP contribution < -0.4 is 10.9 Å². The van der Waals surface area contributed by atoms with Gasteiger partial charge in [0.15, 0.2) is 0 Å². The molecule has 3 aromatic rings. The van der Waals surface area contributed by atoms with Crippen LogP contribution in [0.3, 0.4) is 0 Å². The lowest BCUT2D eigenvalue weighted by Crippen LogP contribution is -2.37. The fraction of sp³-hybridized carbons (Fsp3) is 0.292. The molecule has 1 amide bonds. The van der Waals surface area contributed by atoms with Gasteiger partial charge in [-0.15, -0.1) is 0 Å². The lowest BCUT2D eigenvalue weighted by Gasteiger charge is -2.22. The first kappa shape index (κ1) is 23.7. The number of aromatic nitrogens is 3. The van der Waals surface area contributed by atoms with Crippen molar-refractivity contribution in [2.24, 2.45) is 12.9 Å². The van der Waals surface area contributed by atoms with Gasteiger partial charge < -0.3 is 4.74 Å². The van der Waals surface area contributed by atoms with E-state index < -0.39 is 25.0 Å². The number of pyridine rings is 1. The molecule has 0 spiro atoms. The number of nitrogens with zero attached hydrogens (tertiary/aromatic N) is 5. The average molecular weight is 469 g/mol. The number of alkyl halides is 2. The Morgan fingerprint density at radius 3 is 2.79 bits per heavy atom. The van der Waals surface area contributed by atoms with Gasteiger partial charge in [0.2, 0.25) is 0 Å². The van der Waals surface area contributed by atoms with Crippen LogP contribution in [0.1, 0.15) is 16.7 Å². The number of fused-ring (bicyclic) bond motifs is 1. The number of amides is 1. The maximum atomic E-state index is 13.9. The molecule has 0 unspecified atom stereocenters. The molecule has 0 atom stereocenters. The summed E-state index contributed by atoms with van der Waals surface area (Å²) in [6.07, 6.45) is 9.99. The van der Waals surface area contributed by atoms with Crippen molar-refractivity contribution >= 4 is 17.7 Å². The molecule has 1 aliphatic heterocycles. The Morgan fingerprint density at radius 1 is 1.26 bits per heavy atom. The van der Waals surface area contributed by atoms with Crippen LogP contribution in [0.25, 0.3) is 17.2 Å². The normalized spacial score (nSPS) is 14.0. The molecule has 0 saturated heterocycles. The van der Waals surface area contributed by atoms with Gasteiger partial charge in [-0.3, -0.25) is 19.4 Å². The molecule has 178 valence electrons. The molecule has 0 fully saturated rings. The van der Waals surface area contributed by atoms with Gasteiger partial charge in [-0.05, 0) is 41.0 Å². The second-order valence-electron chi connectivity index (χ2n) is 8.29. The molecule has 0 aliphatic carbocycles. The number of rotatable bonds is 8. The molecule has 3 heterocycles. The fourth-order valence-corrected chi connectivity index (χ4v) is 4.03. The van der Waals surface area contributed by atoms with Gasteiger partial charge in [-0.2, -0.15) is 5.10 Å². The highest BCUT2D eigenvalue weighted by Gasteiger charge is 2.34. The summed E-state index contributed by atoms with van der Waals surface area (Å²) in [7, 11) is 3.09. The number of aryl methyl sites for hydroxylation is 1. The Morgan fingerprint density at radius 2 is 2.06 bits per heavy atom. The molecule has 8 nitrogen and oxygen atoms in total. The zero-order valence-corrected chi connectivity index (χ0v) is 19.0. The van der Waals surface area contributed by atoms with E-state index in [1.54, 1.807) is 46.4 Å². The van der Waals surface area contributed by atoms with Gasteiger partial charge in [0, 0.05) is 63.0 Å². The molecule has 34 heavy (non-hydrogen) atoms. The lowest BCUT2D eigenvalue weighted by atomic mass is 10.0. The molecule has 0 bridgehead atoms. The standard InChI is InChI=1S/C24H26F2N6O2/c1-30-12-20(11-29-30)22-7-8-28-10-17(22)4-6-23(33)32(27)21-5-3-18-13-31(14-19(18)9-21)15-24(25,26)16-34-2/h3-12H,13-16,27H2,1-2H3/b6-4+. The van der Waals surface area contributed by atoms with E-state index in [9.17, 15) is 13.6 Å². The van der Waals surface area contributed by atoms with E-state index in [-0.39, 0.29) is 0 Å². The zero-order valence-electron chi connectivity index (χ0n) is 19.0. The van der Waals surface area contributed by atoms with Crippen molar-refractivity contribution in [1.82, 2.24) is 19.7 Å². The van der Waals surface area contributed by atoms with Gasteiger partial charge in [-0.1, -0.05) is 6.07 Å². The molecule has 4 rings (SSSR count). The minimum absolute atomic E-state index is 0.352. The molecule has 10 heteroatoms. The Kier molecular flexibility index (Phi) is 6.82. The Balaban J connectivity index is 1.45. The summed E-state index contributed by atoms with van der Waals surface area (Å²) in [5.41, 5.74) is 4.82. The van der Waals surface area contributed by atoms with Crippen LogP contribution in [0.15, 0.2) is 55.1 Å². The quantitative estimate of drug-likeness (QED) is 0.237. The third-order valence-electron chi connectivity index (χ3n) is 5.58. The highest BCUT2D eigenvalue weighted by Crippen LogP contribution is 2.29. The minimum atomic E-state index is -2.93. The van der Waals surface area contributed by atoms with E-state index in [2.05, 4.69) is 14.8 Å². The summed E-state index contributed by atoms with van der Waals surface area (Å²) in [6, 6.07) is 7.15. The number of hydrazine groups is 1. The molecule has 2 aromatic heterocycles. The van der Waals surface area contributed by atoms with Gasteiger partial charge in [-0.25, -0.2) is 19.6 Å². The summed E-state index contributed by atoms with van der Waals surface area (Å²) in [6.45, 7) is -0.263. The number of carbonyl (C=O) groups excluding carboxylic acids is 1.